The molecule has 1 aromatic carbocycles. The number of ether oxygens (including phenoxy) is 1. The van der Waals surface area contributed by atoms with E-state index in [1.807, 2.05) is 37.2 Å². The number of rotatable bonds is 7. The first-order valence-electron chi connectivity index (χ1n) is 11.6. The Kier molecular flexibility index (Phi) is 7.08. The molecule has 7 nitrogen and oxygen atoms in total. The second-order valence-electron chi connectivity index (χ2n) is 8.65. The molecule has 7 heteroatoms. The normalized spacial score (nSPS) is 17.3. The number of aromatic nitrogens is 3. The topological polar surface area (TPSA) is 63.5 Å². The number of carbonyl (C=O) groups is 1. The number of benzene rings is 1. The first-order chi connectivity index (χ1) is 16.0. The van der Waals surface area contributed by atoms with E-state index in [-0.39, 0.29) is 11.8 Å². The molecule has 174 valence electrons. The fourth-order valence-electron chi connectivity index (χ4n) is 4.83. The number of aryl methyl sites for hydroxylation is 2. The molecule has 0 bridgehead atoms. The van der Waals surface area contributed by atoms with Gasteiger partial charge in [-0.05, 0) is 37.5 Å². The molecule has 33 heavy (non-hydrogen) atoms. The van der Waals surface area contributed by atoms with Crippen LogP contribution in [0.4, 0.5) is 0 Å². The summed E-state index contributed by atoms with van der Waals surface area (Å²) >= 11 is 0. The van der Waals surface area contributed by atoms with E-state index in [2.05, 4.69) is 46.2 Å². The van der Waals surface area contributed by atoms with Gasteiger partial charge >= 0.3 is 0 Å². The summed E-state index contributed by atoms with van der Waals surface area (Å²) in [5, 5.41) is 4.53. The SMILES string of the molecule is CCN1CCN(Cc2c(C)nn(C)c2OC)C[C@@H](Cc2ccccc2-c2cccnc2)C1=O. The maximum absolute atomic E-state index is 13.5. The van der Waals surface area contributed by atoms with Gasteiger partial charge in [-0.1, -0.05) is 30.3 Å². The quantitative estimate of drug-likeness (QED) is 0.556. The van der Waals surface area contributed by atoms with Crippen molar-refractivity contribution in [1.29, 1.82) is 0 Å². The summed E-state index contributed by atoms with van der Waals surface area (Å²) < 4.78 is 7.40. The maximum Gasteiger partial charge on any atom is 0.227 e. The van der Waals surface area contributed by atoms with Crippen molar-refractivity contribution in [3.8, 4) is 17.0 Å². The average Bonchev–Trinajstić information content (AvgIpc) is 3.01. The Hall–Kier alpha value is -3.19. The second-order valence-corrected chi connectivity index (χ2v) is 8.65. The number of hydrogen-bond donors (Lipinski definition) is 0. The molecule has 0 N–H and O–H groups in total. The molecular weight excluding hydrogens is 414 g/mol. The number of likely N-dealkylation sites (N-methyl/N-ethyl adjacent to an activating group) is 1. The van der Waals surface area contributed by atoms with E-state index in [0.717, 1.165) is 47.9 Å². The standard InChI is InChI=1S/C26H33N5O2/c1-5-31-14-13-30(18-24-19(2)28-29(3)26(24)33-4)17-22(25(31)32)15-20-9-6-7-11-23(20)21-10-8-12-27-16-21/h6-12,16,22H,5,13-15,17-18H2,1-4H3/t22-/m1/s1. The number of amides is 1. The molecule has 1 saturated heterocycles. The van der Waals surface area contributed by atoms with E-state index >= 15 is 0 Å². The van der Waals surface area contributed by atoms with Crippen molar-refractivity contribution in [2.24, 2.45) is 13.0 Å². The zero-order valence-electron chi connectivity index (χ0n) is 20.0. The lowest BCUT2D eigenvalue weighted by Gasteiger charge is -2.24. The Labute approximate surface area is 196 Å². The molecule has 4 rings (SSSR count). The summed E-state index contributed by atoms with van der Waals surface area (Å²) in [5.41, 5.74) is 5.45. The summed E-state index contributed by atoms with van der Waals surface area (Å²) in [4.78, 5) is 22.1. The van der Waals surface area contributed by atoms with Gasteiger partial charge in [0.25, 0.3) is 0 Å². The molecule has 0 spiro atoms. The highest BCUT2D eigenvalue weighted by atomic mass is 16.5. The van der Waals surface area contributed by atoms with E-state index in [4.69, 9.17) is 4.74 Å². The smallest absolute Gasteiger partial charge is 0.227 e. The third-order valence-corrected chi connectivity index (χ3v) is 6.53. The molecule has 0 radical (unpaired) electrons. The highest BCUT2D eigenvalue weighted by Gasteiger charge is 2.31. The largest absolute Gasteiger partial charge is 0.481 e. The predicted molar refractivity (Wildman–Crippen MR) is 129 cm³/mol. The third-order valence-electron chi connectivity index (χ3n) is 6.53. The fourth-order valence-corrected chi connectivity index (χ4v) is 4.83. The van der Waals surface area contributed by atoms with E-state index in [0.29, 0.717) is 19.5 Å². The van der Waals surface area contributed by atoms with Crippen LogP contribution in [0.15, 0.2) is 48.8 Å². The average molecular weight is 448 g/mol. The zero-order chi connectivity index (χ0) is 23.4. The van der Waals surface area contributed by atoms with Crippen molar-refractivity contribution in [3.05, 3.63) is 65.6 Å². The van der Waals surface area contributed by atoms with Crippen LogP contribution >= 0.6 is 0 Å². The van der Waals surface area contributed by atoms with Gasteiger partial charge in [-0.2, -0.15) is 5.10 Å². The summed E-state index contributed by atoms with van der Waals surface area (Å²) in [5.74, 6) is 0.901. The van der Waals surface area contributed by atoms with Crippen LogP contribution in [0.1, 0.15) is 23.7 Å². The number of carbonyl (C=O) groups excluding carboxylic acids is 1. The summed E-state index contributed by atoms with van der Waals surface area (Å²) in [6.45, 7) is 7.78. The Morgan fingerprint density at radius 2 is 1.97 bits per heavy atom. The number of methoxy groups -OCH3 is 1. The van der Waals surface area contributed by atoms with Gasteiger partial charge in [0.1, 0.15) is 0 Å². The van der Waals surface area contributed by atoms with Crippen LogP contribution in [0.25, 0.3) is 11.1 Å². The number of hydrogen-bond acceptors (Lipinski definition) is 5. The fraction of sp³-hybridized carbons (Fsp3) is 0.423. The Morgan fingerprint density at radius 3 is 2.70 bits per heavy atom. The van der Waals surface area contributed by atoms with Crippen LogP contribution in [-0.4, -0.2) is 63.8 Å². The van der Waals surface area contributed by atoms with Crippen molar-refractivity contribution < 1.29 is 9.53 Å². The molecule has 1 aliphatic heterocycles. The van der Waals surface area contributed by atoms with Gasteiger partial charge in [0.2, 0.25) is 11.8 Å². The van der Waals surface area contributed by atoms with E-state index < -0.39 is 0 Å². The highest BCUT2D eigenvalue weighted by Crippen LogP contribution is 2.28. The van der Waals surface area contributed by atoms with Crippen molar-refractivity contribution in [3.63, 3.8) is 0 Å². The molecule has 3 aromatic rings. The first kappa shape index (κ1) is 23.0. The van der Waals surface area contributed by atoms with E-state index in [9.17, 15) is 4.79 Å². The lowest BCUT2D eigenvalue weighted by Crippen LogP contribution is -2.37. The van der Waals surface area contributed by atoms with Crippen LogP contribution < -0.4 is 4.74 Å². The van der Waals surface area contributed by atoms with Crippen molar-refractivity contribution in [2.75, 3.05) is 33.3 Å². The van der Waals surface area contributed by atoms with Crippen LogP contribution in [0.3, 0.4) is 0 Å². The van der Waals surface area contributed by atoms with E-state index in [1.165, 1.54) is 5.56 Å². The van der Waals surface area contributed by atoms with Crippen LogP contribution in [0.2, 0.25) is 0 Å². The van der Waals surface area contributed by atoms with Gasteiger partial charge in [-0.3, -0.25) is 14.7 Å². The summed E-state index contributed by atoms with van der Waals surface area (Å²) in [6, 6.07) is 12.4. The van der Waals surface area contributed by atoms with Crippen molar-refractivity contribution >= 4 is 5.91 Å². The minimum atomic E-state index is -0.117. The van der Waals surface area contributed by atoms with Gasteiger partial charge in [-0.15, -0.1) is 0 Å². The van der Waals surface area contributed by atoms with Gasteiger partial charge in [0.15, 0.2) is 0 Å². The van der Waals surface area contributed by atoms with Gasteiger partial charge in [-0.25, -0.2) is 4.68 Å². The number of nitrogens with zero attached hydrogens (tertiary/aromatic N) is 5. The molecule has 1 amide bonds. The van der Waals surface area contributed by atoms with Gasteiger partial charge in [0, 0.05) is 57.7 Å². The summed E-state index contributed by atoms with van der Waals surface area (Å²) in [7, 11) is 3.58. The van der Waals surface area contributed by atoms with Crippen LogP contribution in [0, 0.1) is 12.8 Å². The molecule has 1 fully saturated rings. The Morgan fingerprint density at radius 1 is 1.15 bits per heavy atom. The van der Waals surface area contributed by atoms with E-state index in [1.54, 1.807) is 18.0 Å². The predicted octanol–water partition coefficient (Wildman–Crippen LogP) is 3.32. The Balaban J connectivity index is 1.61. The maximum atomic E-state index is 13.5. The summed E-state index contributed by atoms with van der Waals surface area (Å²) in [6.07, 6.45) is 4.36. The molecule has 0 unspecified atom stereocenters. The van der Waals surface area contributed by atoms with Crippen LogP contribution in [-0.2, 0) is 24.8 Å². The second kappa shape index (κ2) is 10.2. The van der Waals surface area contributed by atoms with Crippen molar-refractivity contribution in [1.82, 2.24) is 24.6 Å². The molecule has 1 aliphatic rings. The van der Waals surface area contributed by atoms with Crippen LogP contribution in [0.5, 0.6) is 5.88 Å². The monoisotopic (exact) mass is 447 g/mol. The molecule has 1 atom stereocenters. The Bertz CT molecular complexity index is 1100. The van der Waals surface area contributed by atoms with Gasteiger partial charge < -0.3 is 9.64 Å². The first-order valence-corrected chi connectivity index (χ1v) is 11.6. The lowest BCUT2D eigenvalue weighted by atomic mass is 9.91. The molecule has 3 heterocycles. The third kappa shape index (κ3) is 4.93. The minimum absolute atomic E-state index is 0.117. The number of pyridine rings is 1. The minimum Gasteiger partial charge on any atom is -0.481 e. The lowest BCUT2D eigenvalue weighted by molar-refractivity contribution is -0.134. The molecule has 0 saturated carbocycles. The van der Waals surface area contributed by atoms with Crippen molar-refractivity contribution in [2.45, 2.75) is 26.8 Å². The molecular formula is C26H33N5O2. The zero-order valence-corrected chi connectivity index (χ0v) is 20.0. The molecule has 2 aromatic heterocycles. The highest BCUT2D eigenvalue weighted by molar-refractivity contribution is 5.80. The molecule has 0 aliphatic carbocycles. The van der Waals surface area contributed by atoms with Gasteiger partial charge in [0.05, 0.1) is 24.3 Å².